The van der Waals surface area contributed by atoms with Crippen molar-refractivity contribution < 1.29 is 10.2 Å². The smallest absolute Gasteiger partial charge is 0.0583 e. The second kappa shape index (κ2) is 9.52. The Morgan fingerprint density at radius 2 is 1.86 bits per heavy atom. The van der Waals surface area contributed by atoms with Gasteiger partial charge in [-0.25, -0.2) is 0 Å². The van der Waals surface area contributed by atoms with E-state index in [-0.39, 0.29) is 12.2 Å². The molecule has 0 unspecified atom stereocenters. The van der Waals surface area contributed by atoms with Crippen molar-refractivity contribution in [3.05, 3.63) is 35.5 Å². The number of aliphatic hydroxyl groups is 2. The maximum absolute atomic E-state index is 10.3. The third-order valence-corrected chi connectivity index (χ3v) is 8.60. The Morgan fingerprint density at radius 3 is 2.59 bits per heavy atom. The molecule has 2 nitrogen and oxygen atoms in total. The first-order chi connectivity index (χ1) is 13.7. The van der Waals surface area contributed by atoms with Crippen molar-refractivity contribution in [2.45, 2.75) is 104 Å². The lowest BCUT2D eigenvalue weighted by molar-refractivity contribution is 0.0717. The second-order valence-corrected chi connectivity index (χ2v) is 10.9. The number of rotatable bonds is 6. The van der Waals surface area contributed by atoms with E-state index < -0.39 is 0 Å². The van der Waals surface area contributed by atoms with Gasteiger partial charge in [-0.15, -0.1) is 0 Å². The molecule has 0 aromatic rings. The zero-order valence-corrected chi connectivity index (χ0v) is 19.3. The monoisotopic (exact) mass is 400 g/mol. The molecule has 0 spiro atoms. The molecule has 164 valence electrons. The van der Waals surface area contributed by atoms with Crippen LogP contribution in [-0.2, 0) is 0 Å². The normalized spacial score (nSPS) is 37.9. The van der Waals surface area contributed by atoms with Gasteiger partial charge in [0.15, 0.2) is 0 Å². The van der Waals surface area contributed by atoms with Crippen LogP contribution < -0.4 is 0 Å². The lowest BCUT2D eigenvalue weighted by Gasteiger charge is -2.44. The predicted octanol–water partition coefficient (Wildman–Crippen LogP) is 6.59. The van der Waals surface area contributed by atoms with Crippen LogP contribution in [-0.4, -0.2) is 22.4 Å². The zero-order valence-electron chi connectivity index (χ0n) is 19.3. The lowest BCUT2D eigenvalue weighted by atomic mass is 9.60. The SMILES string of the molecule is C=C1CC[C@@H](O)C/C1=C/C=C1\CCC[C@@]2(C)[C@@H]1CC[C@@H]2[C@H](C)CC[C@H](O)C(C)C. The van der Waals surface area contributed by atoms with Gasteiger partial charge in [-0.05, 0) is 98.9 Å². The molecule has 3 saturated carbocycles. The number of allylic oxidation sites excluding steroid dienone is 4. The Kier molecular flexibility index (Phi) is 7.49. The quantitative estimate of drug-likeness (QED) is 0.528. The summed E-state index contributed by atoms with van der Waals surface area (Å²) >= 11 is 0. The number of fused-ring (bicyclic) bond motifs is 1. The van der Waals surface area contributed by atoms with Crippen LogP contribution in [0.1, 0.15) is 91.9 Å². The van der Waals surface area contributed by atoms with Crippen LogP contribution in [0, 0.1) is 29.1 Å². The molecule has 3 fully saturated rings. The molecule has 3 aliphatic carbocycles. The van der Waals surface area contributed by atoms with Crippen molar-refractivity contribution in [1.82, 2.24) is 0 Å². The van der Waals surface area contributed by atoms with E-state index >= 15 is 0 Å². The minimum atomic E-state index is -0.195. The predicted molar refractivity (Wildman–Crippen MR) is 123 cm³/mol. The Bertz CT molecular complexity index is 643. The highest BCUT2D eigenvalue weighted by Crippen LogP contribution is 2.59. The van der Waals surface area contributed by atoms with E-state index in [1.807, 2.05) is 0 Å². The molecular formula is C27H44O2. The van der Waals surface area contributed by atoms with Crippen molar-refractivity contribution in [3.8, 4) is 0 Å². The van der Waals surface area contributed by atoms with Crippen LogP contribution in [0.15, 0.2) is 35.5 Å². The number of aliphatic hydroxyl groups excluding tert-OH is 2. The summed E-state index contributed by atoms with van der Waals surface area (Å²) in [5, 5.41) is 20.3. The fourth-order valence-corrected chi connectivity index (χ4v) is 6.58. The Hall–Kier alpha value is -0.860. The topological polar surface area (TPSA) is 40.5 Å². The molecule has 0 bridgehead atoms. The first-order valence-electron chi connectivity index (χ1n) is 12.2. The van der Waals surface area contributed by atoms with Gasteiger partial charge in [0.25, 0.3) is 0 Å². The highest BCUT2D eigenvalue weighted by Gasteiger charge is 2.50. The number of hydrogen-bond donors (Lipinski definition) is 2. The van der Waals surface area contributed by atoms with E-state index in [1.54, 1.807) is 5.57 Å². The van der Waals surface area contributed by atoms with Gasteiger partial charge >= 0.3 is 0 Å². The molecule has 0 saturated heterocycles. The molecule has 0 aliphatic heterocycles. The van der Waals surface area contributed by atoms with Crippen molar-refractivity contribution in [2.75, 3.05) is 0 Å². The summed E-state index contributed by atoms with van der Waals surface area (Å²) in [7, 11) is 0. The van der Waals surface area contributed by atoms with Crippen LogP contribution in [0.25, 0.3) is 0 Å². The minimum Gasteiger partial charge on any atom is -0.393 e. The van der Waals surface area contributed by atoms with Crippen molar-refractivity contribution in [1.29, 1.82) is 0 Å². The lowest BCUT2D eigenvalue weighted by Crippen LogP contribution is -2.36. The Morgan fingerprint density at radius 1 is 1.10 bits per heavy atom. The van der Waals surface area contributed by atoms with E-state index in [0.29, 0.717) is 23.2 Å². The molecule has 0 heterocycles. The van der Waals surface area contributed by atoms with Crippen LogP contribution >= 0.6 is 0 Å². The van der Waals surface area contributed by atoms with Crippen LogP contribution in [0.3, 0.4) is 0 Å². The zero-order chi connectivity index (χ0) is 21.2. The first-order valence-corrected chi connectivity index (χ1v) is 12.2. The van der Waals surface area contributed by atoms with Crippen molar-refractivity contribution in [2.24, 2.45) is 29.1 Å². The van der Waals surface area contributed by atoms with Crippen molar-refractivity contribution in [3.63, 3.8) is 0 Å². The summed E-state index contributed by atoms with van der Waals surface area (Å²) < 4.78 is 0. The molecule has 6 atom stereocenters. The van der Waals surface area contributed by atoms with E-state index in [2.05, 4.69) is 46.4 Å². The fourth-order valence-electron chi connectivity index (χ4n) is 6.58. The molecule has 29 heavy (non-hydrogen) atoms. The van der Waals surface area contributed by atoms with Crippen LogP contribution in [0.5, 0.6) is 0 Å². The summed E-state index contributed by atoms with van der Waals surface area (Å²) in [4.78, 5) is 0. The molecule has 0 aromatic carbocycles. The molecule has 2 N–H and O–H groups in total. The van der Waals surface area contributed by atoms with E-state index in [1.165, 1.54) is 43.3 Å². The first kappa shape index (κ1) is 22.8. The number of hydrogen-bond acceptors (Lipinski definition) is 2. The summed E-state index contributed by atoms with van der Waals surface area (Å²) in [6.07, 6.45) is 15.5. The Balaban J connectivity index is 1.70. The van der Waals surface area contributed by atoms with E-state index in [4.69, 9.17) is 0 Å². The summed E-state index contributed by atoms with van der Waals surface area (Å²) in [6, 6.07) is 0. The van der Waals surface area contributed by atoms with Gasteiger partial charge in [0.05, 0.1) is 12.2 Å². The standard InChI is InChI=1S/C27H44O2/c1-18(2)26(29)15-9-20(4)24-13-14-25-21(7-6-16-27(24,25)5)10-11-22-17-23(28)12-8-19(22)3/h10-11,18,20,23-26,28-29H,3,6-9,12-17H2,1-2,4-5H3/b21-10+,22-11-/t20-,23-,24-,25-,26+,27-/m1/s1. The second-order valence-electron chi connectivity index (χ2n) is 10.9. The maximum Gasteiger partial charge on any atom is 0.0583 e. The Labute approximate surface area is 179 Å². The van der Waals surface area contributed by atoms with Gasteiger partial charge in [0.2, 0.25) is 0 Å². The molecule has 2 heteroatoms. The molecular weight excluding hydrogens is 356 g/mol. The maximum atomic E-state index is 10.3. The highest BCUT2D eigenvalue weighted by atomic mass is 16.3. The van der Waals surface area contributed by atoms with Gasteiger partial charge in [-0.1, -0.05) is 57.6 Å². The summed E-state index contributed by atoms with van der Waals surface area (Å²) in [5.41, 5.74) is 4.52. The third kappa shape index (κ3) is 5.07. The van der Waals surface area contributed by atoms with Gasteiger partial charge in [0.1, 0.15) is 0 Å². The molecule has 3 rings (SSSR count). The summed E-state index contributed by atoms with van der Waals surface area (Å²) in [5.74, 6) is 2.52. The van der Waals surface area contributed by atoms with Gasteiger partial charge < -0.3 is 10.2 Å². The van der Waals surface area contributed by atoms with Crippen LogP contribution in [0.4, 0.5) is 0 Å². The van der Waals surface area contributed by atoms with E-state index in [0.717, 1.165) is 38.0 Å². The largest absolute Gasteiger partial charge is 0.393 e. The van der Waals surface area contributed by atoms with Gasteiger partial charge in [-0.3, -0.25) is 0 Å². The summed E-state index contributed by atoms with van der Waals surface area (Å²) in [6.45, 7) is 13.4. The van der Waals surface area contributed by atoms with Gasteiger partial charge in [0, 0.05) is 0 Å². The molecule has 0 aromatic heterocycles. The fraction of sp³-hybridized carbons (Fsp3) is 0.778. The van der Waals surface area contributed by atoms with Crippen molar-refractivity contribution >= 4 is 0 Å². The average Bonchev–Trinajstić information content (AvgIpc) is 3.04. The molecule has 0 amide bonds. The molecule has 3 aliphatic rings. The molecule has 0 radical (unpaired) electrons. The minimum absolute atomic E-state index is 0.158. The average molecular weight is 401 g/mol. The third-order valence-electron chi connectivity index (χ3n) is 8.60. The van der Waals surface area contributed by atoms with Crippen LogP contribution in [0.2, 0.25) is 0 Å². The van der Waals surface area contributed by atoms with Gasteiger partial charge in [-0.2, -0.15) is 0 Å². The highest BCUT2D eigenvalue weighted by molar-refractivity contribution is 5.36. The van der Waals surface area contributed by atoms with E-state index in [9.17, 15) is 10.2 Å².